The van der Waals surface area contributed by atoms with Crippen molar-refractivity contribution in [1.29, 1.82) is 0 Å². The van der Waals surface area contributed by atoms with Crippen LogP contribution in [0.25, 0.3) is 6.08 Å². The molecule has 5 nitrogen and oxygen atoms in total. The van der Waals surface area contributed by atoms with Gasteiger partial charge in [0, 0.05) is 62.3 Å². The SMILES string of the molecule is O=C(C1CC1)N1CCN(c2ccc(C=C3CCCN=C3c3cccnc3)cc2)CC1. The minimum Gasteiger partial charge on any atom is -0.368 e. The van der Waals surface area contributed by atoms with Gasteiger partial charge in [0.2, 0.25) is 5.91 Å². The van der Waals surface area contributed by atoms with Gasteiger partial charge in [0.1, 0.15) is 0 Å². The number of rotatable bonds is 4. The molecule has 2 fully saturated rings. The second-order valence-corrected chi connectivity index (χ2v) is 8.42. The molecule has 0 N–H and O–H groups in total. The van der Waals surface area contributed by atoms with E-state index in [9.17, 15) is 4.79 Å². The Labute approximate surface area is 178 Å². The predicted octanol–water partition coefficient (Wildman–Crippen LogP) is 3.81. The zero-order valence-corrected chi connectivity index (χ0v) is 17.3. The summed E-state index contributed by atoms with van der Waals surface area (Å²) in [5.41, 5.74) is 5.90. The number of pyridine rings is 1. The fourth-order valence-electron chi connectivity index (χ4n) is 4.36. The van der Waals surface area contributed by atoms with Crippen LogP contribution in [0.1, 0.15) is 36.8 Å². The van der Waals surface area contributed by atoms with E-state index >= 15 is 0 Å². The van der Waals surface area contributed by atoms with E-state index in [0.717, 1.165) is 69.7 Å². The first-order chi connectivity index (χ1) is 14.8. The number of nitrogens with zero attached hydrogens (tertiary/aromatic N) is 4. The fraction of sp³-hybridized carbons (Fsp3) is 0.400. The Hall–Kier alpha value is -2.95. The van der Waals surface area contributed by atoms with Gasteiger partial charge in [0.25, 0.3) is 0 Å². The molecule has 0 radical (unpaired) electrons. The lowest BCUT2D eigenvalue weighted by atomic mass is 9.95. The molecule has 5 rings (SSSR count). The molecule has 1 saturated carbocycles. The van der Waals surface area contributed by atoms with E-state index in [2.05, 4.69) is 51.2 Å². The Kier molecular flexibility index (Phi) is 5.35. The number of carbonyl (C=O) groups is 1. The smallest absolute Gasteiger partial charge is 0.225 e. The summed E-state index contributed by atoms with van der Waals surface area (Å²) in [6.07, 6.45) is 10.3. The van der Waals surface area contributed by atoms with E-state index in [1.807, 2.05) is 12.3 Å². The Morgan fingerprint density at radius 2 is 1.83 bits per heavy atom. The van der Waals surface area contributed by atoms with Crippen molar-refractivity contribution < 1.29 is 4.79 Å². The molecule has 3 heterocycles. The van der Waals surface area contributed by atoms with Crippen LogP contribution in [-0.2, 0) is 4.79 Å². The highest BCUT2D eigenvalue weighted by Gasteiger charge is 2.34. The summed E-state index contributed by atoms with van der Waals surface area (Å²) in [4.78, 5) is 25.7. The Balaban J connectivity index is 1.26. The second-order valence-electron chi connectivity index (χ2n) is 8.42. The molecule has 1 saturated heterocycles. The summed E-state index contributed by atoms with van der Waals surface area (Å²) < 4.78 is 0. The molecule has 2 aromatic rings. The number of carbonyl (C=O) groups excluding carboxylic acids is 1. The molecular weight excluding hydrogens is 372 g/mol. The Morgan fingerprint density at radius 1 is 1.03 bits per heavy atom. The van der Waals surface area contributed by atoms with Crippen molar-refractivity contribution in [2.75, 3.05) is 37.6 Å². The fourth-order valence-corrected chi connectivity index (χ4v) is 4.36. The van der Waals surface area contributed by atoms with Crippen molar-refractivity contribution in [3.8, 4) is 0 Å². The highest BCUT2D eigenvalue weighted by atomic mass is 16.2. The molecular formula is C25H28N4O. The van der Waals surface area contributed by atoms with Gasteiger partial charge < -0.3 is 9.80 Å². The van der Waals surface area contributed by atoms with Crippen LogP contribution in [0, 0.1) is 5.92 Å². The van der Waals surface area contributed by atoms with Gasteiger partial charge in [-0.25, -0.2) is 0 Å². The number of hydrogen-bond acceptors (Lipinski definition) is 4. The molecule has 1 amide bonds. The third kappa shape index (κ3) is 4.16. The summed E-state index contributed by atoms with van der Waals surface area (Å²) in [6, 6.07) is 12.8. The molecule has 2 aliphatic heterocycles. The van der Waals surface area contributed by atoms with Gasteiger partial charge in [-0.1, -0.05) is 12.1 Å². The number of amides is 1. The van der Waals surface area contributed by atoms with Crippen LogP contribution in [0.5, 0.6) is 0 Å². The summed E-state index contributed by atoms with van der Waals surface area (Å²) in [7, 11) is 0. The topological polar surface area (TPSA) is 48.8 Å². The zero-order chi connectivity index (χ0) is 20.3. The summed E-state index contributed by atoms with van der Waals surface area (Å²) in [6.45, 7) is 4.39. The molecule has 30 heavy (non-hydrogen) atoms. The van der Waals surface area contributed by atoms with Crippen molar-refractivity contribution in [1.82, 2.24) is 9.88 Å². The number of aliphatic imine (C=N–C) groups is 1. The highest BCUT2D eigenvalue weighted by molar-refractivity contribution is 6.15. The van der Waals surface area contributed by atoms with Crippen molar-refractivity contribution in [3.63, 3.8) is 0 Å². The molecule has 0 spiro atoms. The van der Waals surface area contributed by atoms with E-state index in [1.54, 1.807) is 6.20 Å². The maximum absolute atomic E-state index is 12.3. The minimum absolute atomic E-state index is 0.323. The highest BCUT2D eigenvalue weighted by Crippen LogP contribution is 2.31. The average Bonchev–Trinajstić information content (AvgIpc) is 3.66. The Morgan fingerprint density at radius 3 is 2.53 bits per heavy atom. The van der Waals surface area contributed by atoms with Crippen LogP contribution in [0.15, 0.2) is 59.4 Å². The molecule has 0 bridgehead atoms. The normalized spacial score (nSPS) is 20.9. The number of hydrogen-bond donors (Lipinski definition) is 0. The number of benzene rings is 1. The van der Waals surface area contributed by atoms with Gasteiger partial charge in [-0.3, -0.25) is 14.8 Å². The third-order valence-electron chi connectivity index (χ3n) is 6.23. The molecule has 1 aromatic carbocycles. The molecule has 1 aromatic heterocycles. The van der Waals surface area contributed by atoms with E-state index in [4.69, 9.17) is 4.99 Å². The second kappa shape index (κ2) is 8.42. The van der Waals surface area contributed by atoms with Crippen molar-refractivity contribution in [2.45, 2.75) is 25.7 Å². The van der Waals surface area contributed by atoms with Crippen molar-refractivity contribution in [3.05, 3.63) is 65.5 Å². The lowest BCUT2D eigenvalue weighted by Crippen LogP contribution is -2.49. The van der Waals surface area contributed by atoms with Crippen LogP contribution in [0.3, 0.4) is 0 Å². The first kappa shape index (κ1) is 19.0. The van der Waals surface area contributed by atoms with Gasteiger partial charge in [-0.05, 0) is 67.2 Å². The molecule has 0 unspecified atom stereocenters. The standard InChI is InChI=1S/C25H28N4O/c30-25(20-7-8-20)29-15-13-28(14-16-29)23-9-5-19(6-10-23)17-21-3-2-12-27-24(21)22-4-1-11-26-18-22/h1,4-6,9-11,17-18,20H,2-3,7-8,12-16H2. The lowest BCUT2D eigenvalue weighted by Gasteiger charge is -2.36. The number of anilines is 1. The Bertz CT molecular complexity index is 952. The molecule has 154 valence electrons. The van der Waals surface area contributed by atoms with Gasteiger partial charge in [0.15, 0.2) is 0 Å². The molecule has 3 aliphatic rings. The van der Waals surface area contributed by atoms with Gasteiger partial charge in [-0.2, -0.15) is 0 Å². The van der Waals surface area contributed by atoms with Gasteiger partial charge in [-0.15, -0.1) is 0 Å². The number of allylic oxidation sites excluding steroid dienone is 1. The van der Waals surface area contributed by atoms with E-state index in [0.29, 0.717) is 11.8 Å². The van der Waals surface area contributed by atoms with E-state index < -0.39 is 0 Å². The molecule has 5 heteroatoms. The first-order valence-corrected chi connectivity index (χ1v) is 11.1. The van der Waals surface area contributed by atoms with Crippen LogP contribution in [0.2, 0.25) is 0 Å². The lowest BCUT2D eigenvalue weighted by molar-refractivity contribution is -0.132. The largest absolute Gasteiger partial charge is 0.368 e. The third-order valence-corrected chi connectivity index (χ3v) is 6.23. The van der Waals surface area contributed by atoms with Crippen LogP contribution < -0.4 is 4.90 Å². The molecule has 1 aliphatic carbocycles. The minimum atomic E-state index is 0.323. The quantitative estimate of drug-likeness (QED) is 0.784. The van der Waals surface area contributed by atoms with Crippen LogP contribution in [0.4, 0.5) is 5.69 Å². The first-order valence-electron chi connectivity index (χ1n) is 11.1. The summed E-state index contributed by atoms with van der Waals surface area (Å²) in [5, 5.41) is 0. The van der Waals surface area contributed by atoms with Crippen molar-refractivity contribution >= 4 is 23.4 Å². The zero-order valence-electron chi connectivity index (χ0n) is 17.3. The number of aromatic nitrogens is 1. The van der Waals surface area contributed by atoms with Crippen LogP contribution in [-0.4, -0.2) is 54.2 Å². The van der Waals surface area contributed by atoms with E-state index in [-0.39, 0.29) is 0 Å². The number of piperazine rings is 1. The van der Waals surface area contributed by atoms with Crippen molar-refractivity contribution in [2.24, 2.45) is 10.9 Å². The summed E-state index contributed by atoms with van der Waals surface area (Å²) in [5.74, 6) is 0.693. The maximum Gasteiger partial charge on any atom is 0.225 e. The van der Waals surface area contributed by atoms with E-state index in [1.165, 1.54) is 16.8 Å². The predicted molar refractivity (Wildman–Crippen MR) is 121 cm³/mol. The summed E-state index contributed by atoms with van der Waals surface area (Å²) >= 11 is 0. The van der Waals surface area contributed by atoms with Crippen LogP contribution >= 0.6 is 0 Å². The molecule has 0 atom stereocenters. The average molecular weight is 401 g/mol. The maximum atomic E-state index is 12.3. The van der Waals surface area contributed by atoms with Gasteiger partial charge in [0.05, 0.1) is 5.71 Å². The monoisotopic (exact) mass is 400 g/mol. The van der Waals surface area contributed by atoms with Gasteiger partial charge >= 0.3 is 0 Å².